The molecule has 1 aliphatic heterocycles. The molecule has 4 nitrogen and oxygen atoms in total. The molecule has 1 aromatic carbocycles. The van der Waals surface area contributed by atoms with Crippen LogP contribution < -0.4 is 0 Å². The summed E-state index contributed by atoms with van der Waals surface area (Å²) in [6.45, 7) is 3.10. The van der Waals surface area contributed by atoms with Gasteiger partial charge in [-0.25, -0.2) is 12.7 Å². The Morgan fingerprint density at radius 3 is 2.32 bits per heavy atom. The SMILES string of the molecule is CCCS(=O)(=O)N1CCC(c2ccc(O)cc2)CC1. The van der Waals surface area contributed by atoms with Gasteiger partial charge >= 0.3 is 0 Å². The van der Waals surface area contributed by atoms with Gasteiger partial charge in [0.15, 0.2) is 0 Å². The molecule has 0 bridgehead atoms. The second-order valence-corrected chi connectivity index (χ2v) is 7.17. The van der Waals surface area contributed by atoms with E-state index in [9.17, 15) is 13.5 Å². The van der Waals surface area contributed by atoms with E-state index in [1.54, 1.807) is 16.4 Å². The predicted octanol–water partition coefficient (Wildman–Crippen LogP) is 2.31. The first-order valence-corrected chi connectivity index (χ1v) is 8.40. The predicted molar refractivity (Wildman–Crippen MR) is 75.7 cm³/mol. The fourth-order valence-electron chi connectivity index (χ4n) is 2.60. The number of benzene rings is 1. The highest BCUT2D eigenvalue weighted by Gasteiger charge is 2.27. The Kier molecular flexibility index (Phi) is 4.47. The van der Waals surface area contributed by atoms with Crippen molar-refractivity contribution in [2.24, 2.45) is 0 Å². The lowest BCUT2D eigenvalue weighted by molar-refractivity contribution is 0.319. The molecule has 0 aromatic heterocycles. The monoisotopic (exact) mass is 283 g/mol. The molecule has 1 saturated heterocycles. The first-order chi connectivity index (χ1) is 9.03. The summed E-state index contributed by atoms with van der Waals surface area (Å²) in [6.07, 6.45) is 2.38. The summed E-state index contributed by atoms with van der Waals surface area (Å²) < 4.78 is 25.6. The van der Waals surface area contributed by atoms with Crippen molar-refractivity contribution >= 4 is 10.0 Å². The maximum Gasteiger partial charge on any atom is 0.214 e. The van der Waals surface area contributed by atoms with Gasteiger partial charge in [-0.15, -0.1) is 0 Å². The number of phenols is 1. The largest absolute Gasteiger partial charge is 0.508 e. The molecule has 19 heavy (non-hydrogen) atoms. The molecular weight excluding hydrogens is 262 g/mol. The van der Waals surface area contributed by atoms with Crippen LogP contribution in [0.3, 0.4) is 0 Å². The summed E-state index contributed by atoms with van der Waals surface area (Å²) in [5, 5.41) is 9.28. The Bertz CT molecular complexity index is 502. The first-order valence-electron chi connectivity index (χ1n) is 6.79. The molecule has 0 aliphatic carbocycles. The Hall–Kier alpha value is -1.07. The summed E-state index contributed by atoms with van der Waals surface area (Å²) in [5.41, 5.74) is 1.19. The van der Waals surface area contributed by atoms with Crippen molar-refractivity contribution in [2.75, 3.05) is 18.8 Å². The second kappa shape index (κ2) is 5.92. The quantitative estimate of drug-likeness (QED) is 0.922. The highest BCUT2D eigenvalue weighted by molar-refractivity contribution is 7.89. The normalized spacial score (nSPS) is 18.6. The van der Waals surface area contributed by atoms with E-state index in [1.165, 1.54) is 5.56 Å². The Morgan fingerprint density at radius 2 is 1.79 bits per heavy atom. The summed E-state index contributed by atoms with van der Waals surface area (Å²) >= 11 is 0. The van der Waals surface area contributed by atoms with Crippen molar-refractivity contribution in [3.05, 3.63) is 29.8 Å². The van der Waals surface area contributed by atoms with Gasteiger partial charge in [-0.1, -0.05) is 19.1 Å². The lowest BCUT2D eigenvalue weighted by Gasteiger charge is -2.31. The Labute approximate surface area is 115 Å². The lowest BCUT2D eigenvalue weighted by Crippen LogP contribution is -2.39. The molecule has 0 atom stereocenters. The Balaban J connectivity index is 1.98. The third-order valence-electron chi connectivity index (χ3n) is 3.67. The minimum absolute atomic E-state index is 0.247. The van der Waals surface area contributed by atoms with Crippen molar-refractivity contribution in [3.63, 3.8) is 0 Å². The highest BCUT2D eigenvalue weighted by Crippen LogP contribution is 2.30. The molecule has 0 radical (unpaired) electrons. The molecular formula is C14H21NO3S. The van der Waals surface area contributed by atoms with E-state index >= 15 is 0 Å². The fourth-order valence-corrected chi connectivity index (χ4v) is 4.14. The van der Waals surface area contributed by atoms with Gasteiger partial charge in [-0.2, -0.15) is 0 Å². The molecule has 1 aliphatic rings. The third kappa shape index (κ3) is 3.48. The van der Waals surface area contributed by atoms with E-state index in [1.807, 2.05) is 19.1 Å². The van der Waals surface area contributed by atoms with Gasteiger partial charge in [0.1, 0.15) is 5.75 Å². The van der Waals surface area contributed by atoms with Crippen molar-refractivity contribution in [1.82, 2.24) is 4.31 Å². The first kappa shape index (κ1) is 14.3. The van der Waals surface area contributed by atoms with Crippen LogP contribution in [-0.2, 0) is 10.0 Å². The van der Waals surface area contributed by atoms with Gasteiger partial charge in [0.2, 0.25) is 10.0 Å². The number of hydrogen-bond acceptors (Lipinski definition) is 3. The summed E-state index contributed by atoms with van der Waals surface area (Å²) in [5.74, 6) is 0.914. The molecule has 1 heterocycles. The van der Waals surface area contributed by atoms with Crippen LogP contribution in [0.2, 0.25) is 0 Å². The van der Waals surface area contributed by atoms with Crippen molar-refractivity contribution < 1.29 is 13.5 Å². The van der Waals surface area contributed by atoms with E-state index in [0.29, 0.717) is 25.4 Å². The van der Waals surface area contributed by atoms with Crippen molar-refractivity contribution in [1.29, 1.82) is 0 Å². The number of hydrogen-bond donors (Lipinski definition) is 1. The third-order valence-corrected chi connectivity index (χ3v) is 5.75. The summed E-state index contributed by atoms with van der Waals surface area (Å²) in [4.78, 5) is 0. The van der Waals surface area contributed by atoms with E-state index in [2.05, 4.69) is 0 Å². The van der Waals surface area contributed by atoms with Gasteiger partial charge < -0.3 is 5.11 Å². The van der Waals surface area contributed by atoms with Crippen LogP contribution in [0.5, 0.6) is 5.75 Å². The van der Waals surface area contributed by atoms with Gasteiger partial charge in [-0.05, 0) is 42.9 Å². The van der Waals surface area contributed by atoms with Crippen LogP contribution >= 0.6 is 0 Å². The van der Waals surface area contributed by atoms with E-state index < -0.39 is 10.0 Å². The maximum atomic E-state index is 12.0. The fraction of sp³-hybridized carbons (Fsp3) is 0.571. The van der Waals surface area contributed by atoms with Crippen molar-refractivity contribution in [3.8, 4) is 5.75 Å². The van der Waals surface area contributed by atoms with Crippen LogP contribution in [-0.4, -0.2) is 36.7 Å². The molecule has 2 rings (SSSR count). The average Bonchev–Trinajstić information content (AvgIpc) is 2.40. The molecule has 1 aromatic rings. The second-order valence-electron chi connectivity index (χ2n) is 5.08. The molecule has 0 spiro atoms. The molecule has 5 heteroatoms. The number of aromatic hydroxyl groups is 1. The summed E-state index contributed by atoms with van der Waals surface area (Å²) in [7, 11) is -3.05. The molecule has 0 amide bonds. The number of sulfonamides is 1. The smallest absolute Gasteiger partial charge is 0.214 e. The standard InChI is InChI=1S/C14H21NO3S/c1-2-11-19(17,18)15-9-7-13(8-10-15)12-3-5-14(16)6-4-12/h3-6,13,16H,2,7-11H2,1H3. The van der Waals surface area contributed by atoms with Crippen LogP contribution in [0.1, 0.15) is 37.7 Å². The van der Waals surface area contributed by atoms with E-state index in [0.717, 1.165) is 12.8 Å². The maximum absolute atomic E-state index is 12.0. The molecule has 1 fully saturated rings. The zero-order valence-electron chi connectivity index (χ0n) is 11.2. The molecule has 1 N–H and O–H groups in total. The van der Waals surface area contributed by atoms with E-state index in [-0.39, 0.29) is 11.5 Å². The highest BCUT2D eigenvalue weighted by atomic mass is 32.2. The average molecular weight is 283 g/mol. The van der Waals surface area contributed by atoms with Crippen LogP contribution in [0, 0.1) is 0 Å². The number of piperidine rings is 1. The van der Waals surface area contributed by atoms with Crippen LogP contribution in [0.4, 0.5) is 0 Å². The minimum atomic E-state index is -3.05. The molecule has 106 valence electrons. The summed E-state index contributed by atoms with van der Waals surface area (Å²) in [6, 6.07) is 7.23. The number of phenolic OH excluding ortho intramolecular Hbond substituents is 1. The number of rotatable bonds is 4. The van der Waals surface area contributed by atoms with Gasteiger partial charge in [0.25, 0.3) is 0 Å². The number of nitrogens with zero attached hydrogens (tertiary/aromatic N) is 1. The van der Waals surface area contributed by atoms with Gasteiger partial charge in [0, 0.05) is 13.1 Å². The lowest BCUT2D eigenvalue weighted by atomic mass is 9.90. The van der Waals surface area contributed by atoms with Crippen molar-refractivity contribution in [2.45, 2.75) is 32.1 Å². The zero-order chi connectivity index (χ0) is 13.9. The molecule has 0 unspecified atom stereocenters. The van der Waals surface area contributed by atoms with E-state index in [4.69, 9.17) is 0 Å². The van der Waals surface area contributed by atoms with Gasteiger partial charge in [0.05, 0.1) is 5.75 Å². The Morgan fingerprint density at radius 1 is 1.21 bits per heavy atom. The van der Waals surface area contributed by atoms with Crippen LogP contribution in [0.15, 0.2) is 24.3 Å². The topological polar surface area (TPSA) is 57.6 Å². The molecule has 0 saturated carbocycles. The minimum Gasteiger partial charge on any atom is -0.508 e. The van der Waals surface area contributed by atoms with Gasteiger partial charge in [-0.3, -0.25) is 0 Å². The van der Waals surface area contributed by atoms with Crippen LogP contribution in [0.25, 0.3) is 0 Å². The zero-order valence-corrected chi connectivity index (χ0v) is 12.1.